The van der Waals surface area contributed by atoms with E-state index in [1.165, 1.54) is 6.08 Å². The van der Waals surface area contributed by atoms with Crippen LogP contribution in [0.25, 0.3) is 0 Å². The summed E-state index contributed by atoms with van der Waals surface area (Å²) in [5, 5.41) is 13.7. The SMILES string of the molecule is C=CCOC(=O)NCCNCCC(=O)O. The highest BCUT2D eigenvalue weighted by atomic mass is 16.5. The minimum absolute atomic E-state index is 0.0703. The van der Waals surface area contributed by atoms with Gasteiger partial charge in [0.05, 0.1) is 6.42 Å². The van der Waals surface area contributed by atoms with Gasteiger partial charge < -0.3 is 20.5 Å². The van der Waals surface area contributed by atoms with Crippen molar-refractivity contribution in [3.63, 3.8) is 0 Å². The molecule has 0 bridgehead atoms. The van der Waals surface area contributed by atoms with Crippen molar-refractivity contribution in [2.45, 2.75) is 6.42 Å². The second-order valence-corrected chi connectivity index (χ2v) is 2.71. The van der Waals surface area contributed by atoms with Crippen molar-refractivity contribution in [2.24, 2.45) is 0 Å². The number of carbonyl (C=O) groups is 2. The van der Waals surface area contributed by atoms with E-state index in [1.54, 1.807) is 0 Å². The third-order valence-electron chi connectivity index (χ3n) is 1.42. The van der Waals surface area contributed by atoms with Gasteiger partial charge in [-0.25, -0.2) is 4.79 Å². The smallest absolute Gasteiger partial charge is 0.407 e. The highest BCUT2D eigenvalue weighted by Gasteiger charge is 1.99. The molecule has 0 spiro atoms. The summed E-state index contributed by atoms with van der Waals surface area (Å²) in [7, 11) is 0. The second-order valence-electron chi connectivity index (χ2n) is 2.71. The zero-order valence-corrected chi connectivity index (χ0v) is 8.49. The zero-order chi connectivity index (χ0) is 11.5. The predicted octanol–water partition coefficient (Wildman–Crippen LogP) is -0.0371. The number of carboxylic acid groups (broad SMARTS) is 1. The van der Waals surface area contributed by atoms with Gasteiger partial charge in [0.25, 0.3) is 0 Å². The number of ether oxygens (including phenoxy) is 1. The molecule has 0 rings (SSSR count). The van der Waals surface area contributed by atoms with E-state index in [1.807, 2.05) is 0 Å². The van der Waals surface area contributed by atoms with Crippen LogP contribution in [-0.2, 0) is 9.53 Å². The van der Waals surface area contributed by atoms with Crippen molar-refractivity contribution in [3.8, 4) is 0 Å². The monoisotopic (exact) mass is 216 g/mol. The van der Waals surface area contributed by atoms with E-state index in [4.69, 9.17) is 5.11 Å². The molecule has 0 heterocycles. The standard InChI is InChI=1S/C9H16N2O4/c1-2-7-15-9(14)11-6-5-10-4-3-8(12)13/h2,10H,1,3-7H2,(H,11,14)(H,12,13). The average molecular weight is 216 g/mol. The third kappa shape index (κ3) is 10.4. The van der Waals surface area contributed by atoms with E-state index in [-0.39, 0.29) is 13.0 Å². The van der Waals surface area contributed by atoms with Crippen LogP contribution in [0.3, 0.4) is 0 Å². The molecule has 0 aromatic rings. The van der Waals surface area contributed by atoms with Crippen LogP contribution in [0.5, 0.6) is 0 Å². The van der Waals surface area contributed by atoms with Gasteiger partial charge in [-0.15, -0.1) is 0 Å². The quantitative estimate of drug-likeness (QED) is 0.391. The molecule has 3 N–H and O–H groups in total. The van der Waals surface area contributed by atoms with E-state index in [0.29, 0.717) is 19.6 Å². The maximum atomic E-state index is 10.8. The Morgan fingerprint density at radius 1 is 1.33 bits per heavy atom. The summed E-state index contributed by atoms with van der Waals surface area (Å²) >= 11 is 0. The molecule has 0 aromatic carbocycles. The number of carbonyl (C=O) groups excluding carboxylic acids is 1. The lowest BCUT2D eigenvalue weighted by atomic mass is 10.4. The Morgan fingerprint density at radius 3 is 2.67 bits per heavy atom. The molecule has 0 aliphatic heterocycles. The molecule has 15 heavy (non-hydrogen) atoms. The third-order valence-corrected chi connectivity index (χ3v) is 1.42. The van der Waals surface area contributed by atoms with Gasteiger partial charge in [0.15, 0.2) is 0 Å². The molecule has 0 atom stereocenters. The van der Waals surface area contributed by atoms with Crippen molar-refractivity contribution in [2.75, 3.05) is 26.2 Å². The van der Waals surface area contributed by atoms with Crippen LogP contribution in [0.15, 0.2) is 12.7 Å². The molecule has 1 amide bonds. The molecule has 6 heteroatoms. The van der Waals surface area contributed by atoms with Crippen LogP contribution in [0.1, 0.15) is 6.42 Å². The van der Waals surface area contributed by atoms with E-state index in [9.17, 15) is 9.59 Å². The van der Waals surface area contributed by atoms with Gasteiger partial charge in [-0.1, -0.05) is 12.7 Å². The fourth-order valence-electron chi connectivity index (χ4n) is 0.759. The van der Waals surface area contributed by atoms with E-state index < -0.39 is 12.1 Å². The Kier molecular flexibility index (Phi) is 8.08. The summed E-state index contributed by atoms with van der Waals surface area (Å²) in [6.45, 7) is 4.87. The van der Waals surface area contributed by atoms with Gasteiger partial charge in [0.1, 0.15) is 6.61 Å². The molecule has 0 saturated carbocycles. The summed E-state index contributed by atoms with van der Waals surface area (Å²) < 4.78 is 4.65. The fraction of sp³-hybridized carbons (Fsp3) is 0.556. The predicted molar refractivity (Wildman–Crippen MR) is 54.7 cm³/mol. The minimum atomic E-state index is -0.846. The van der Waals surface area contributed by atoms with Crippen molar-refractivity contribution >= 4 is 12.1 Å². The number of carboxylic acids is 1. The van der Waals surface area contributed by atoms with Gasteiger partial charge in [0, 0.05) is 19.6 Å². The highest BCUT2D eigenvalue weighted by Crippen LogP contribution is 1.77. The maximum absolute atomic E-state index is 10.8. The summed E-state index contributed by atoms with van der Waals surface area (Å²) in [6.07, 6.45) is 1.04. The molecule has 0 radical (unpaired) electrons. The maximum Gasteiger partial charge on any atom is 0.407 e. The van der Waals surface area contributed by atoms with Crippen LogP contribution < -0.4 is 10.6 Å². The molecule has 0 aliphatic carbocycles. The first-order valence-electron chi connectivity index (χ1n) is 4.61. The molecule has 0 fully saturated rings. The van der Waals surface area contributed by atoms with Crippen LogP contribution >= 0.6 is 0 Å². The van der Waals surface area contributed by atoms with Crippen LogP contribution in [-0.4, -0.2) is 43.4 Å². The Balaban J connectivity index is 3.19. The largest absolute Gasteiger partial charge is 0.481 e. The van der Waals surface area contributed by atoms with Gasteiger partial charge in [-0.05, 0) is 0 Å². The zero-order valence-electron chi connectivity index (χ0n) is 8.49. The topological polar surface area (TPSA) is 87.7 Å². The van der Waals surface area contributed by atoms with Crippen LogP contribution in [0, 0.1) is 0 Å². The summed E-state index contributed by atoms with van der Waals surface area (Å²) in [5.41, 5.74) is 0. The fourth-order valence-corrected chi connectivity index (χ4v) is 0.759. The highest BCUT2D eigenvalue weighted by molar-refractivity contribution is 5.67. The normalized spacial score (nSPS) is 9.33. The Morgan fingerprint density at radius 2 is 2.07 bits per heavy atom. The molecule has 6 nitrogen and oxygen atoms in total. The number of hydrogen-bond acceptors (Lipinski definition) is 4. The number of alkyl carbamates (subject to hydrolysis) is 1. The van der Waals surface area contributed by atoms with Crippen molar-refractivity contribution < 1.29 is 19.4 Å². The van der Waals surface area contributed by atoms with Gasteiger partial charge in [0.2, 0.25) is 0 Å². The minimum Gasteiger partial charge on any atom is -0.481 e. The van der Waals surface area contributed by atoms with Crippen LogP contribution in [0.2, 0.25) is 0 Å². The summed E-state index contributed by atoms with van der Waals surface area (Å²) in [5.74, 6) is -0.846. The lowest BCUT2D eigenvalue weighted by molar-refractivity contribution is -0.136. The lowest BCUT2D eigenvalue weighted by Gasteiger charge is -2.05. The number of amides is 1. The molecule has 0 aliphatic rings. The number of nitrogens with one attached hydrogen (secondary N) is 2. The molecule has 0 unspecified atom stereocenters. The van der Waals surface area contributed by atoms with E-state index >= 15 is 0 Å². The lowest BCUT2D eigenvalue weighted by Crippen LogP contribution is -2.33. The Bertz CT molecular complexity index is 218. The first kappa shape index (κ1) is 13.4. The van der Waals surface area contributed by atoms with Crippen molar-refractivity contribution in [1.29, 1.82) is 0 Å². The van der Waals surface area contributed by atoms with Crippen molar-refractivity contribution in [3.05, 3.63) is 12.7 Å². The first-order valence-corrected chi connectivity index (χ1v) is 4.61. The number of aliphatic carboxylic acids is 1. The van der Waals surface area contributed by atoms with Gasteiger partial charge in [-0.2, -0.15) is 0 Å². The average Bonchev–Trinajstić information content (AvgIpc) is 2.19. The number of rotatable bonds is 8. The Hall–Kier alpha value is -1.56. The van der Waals surface area contributed by atoms with Crippen LogP contribution in [0.4, 0.5) is 4.79 Å². The van der Waals surface area contributed by atoms with Gasteiger partial charge >= 0.3 is 12.1 Å². The van der Waals surface area contributed by atoms with E-state index in [0.717, 1.165) is 0 Å². The molecule has 86 valence electrons. The number of hydrogen-bond donors (Lipinski definition) is 3. The molecule has 0 aromatic heterocycles. The second kappa shape index (κ2) is 9.01. The molecular weight excluding hydrogens is 200 g/mol. The van der Waals surface area contributed by atoms with E-state index in [2.05, 4.69) is 21.9 Å². The molecule has 0 saturated heterocycles. The summed E-state index contributed by atoms with van der Waals surface area (Å²) in [6, 6.07) is 0. The molecular formula is C9H16N2O4. The Labute approximate surface area is 88.3 Å². The summed E-state index contributed by atoms with van der Waals surface area (Å²) in [4.78, 5) is 21.0. The first-order chi connectivity index (χ1) is 7.16. The van der Waals surface area contributed by atoms with Crippen molar-refractivity contribution in [1.82, 2.24) is 10.6 Å². The van der Waals surface area contributed by atoms with Gasteiger partial charge in [-0.3, -0.25) is 4.79 Å².